The molecule has 9 heteroatoms. The van der Waals surface area contributed by atoms with Crippen molar-refractivity contribution in [2.45, 2.75) is 0 Å². The van der Waals surface area contributed by atoms with Gasteiger partial charge in [-0.2, -0.15) is 0 Å². The fourth-order valence-corrected chi connectivity index (χ4v) is 3.93. The molecular formula is C35H28O9. The van der Waals surface area contributed by atoms with E-state index in [-0.39, 0.29) is 23.1 Å². The van der Waals surface area contributed by atoms with E-state index < -0.39 is 30.9 Å². The van der Waals surface area contributed by atoms with Crippen LogP contribution in [0.3, 0.4) is 0 Å². The Labute approximate surface area is 253 Å². The molecule has 0 saturated carbocycles. The van der Waals surface area contributed by atoms with E-state index >= 15 is 0 Å². The van der Waals surface area contributed by atoms with Gasteiger partial charge in [-0.1, -0.05) is 85.0 Å². The van der Waals surface area contributed by atoms with Gasteiger partial charge in [-0.15, -0.1) is 0 Å². The third kappa shape index (κ3) is 9.28. The number of rotatable bonds is 12. The Morgan fingerprint density at radius 3 is 2.23 bits per heavy atom. The number of hydrogen-bond acceptors (Lipinski definition) is 8. The molecule has 1 N–H and O–H groups in total. The summed E-state index contributed by atoms with van der Waals surface area (Å²) in [5, 5.41) is 8.82. The van der Waals surface area contributed by atoms with Crippen LogP contribution in [0.1, 0.15) is 11.1 Å². The Balaban J connectivity index is 1.35. The molecule has 4 rings (SSSR count). The van der Waals surface area contributed by atoms with Crippen molar-refractivity contribution in [2.75, 3.05) is 20.3 Å². The number of carboxylic acids is 1. The lowest BCUT2D eigenvalue weighted by molar-refractivity contribution is -0.141. The molecule has 0 aliphatic heterocycles. The van der Waals surface area contributed by atoms with Crippen LogP contribution in [0.4, 0.5) is 0 Å². The highest BCUT2D eigenvalue weighted by Crippen LogP contribution is 2.23. The summed E-state index contributed by atoms with van der Waals surface area (Å²) in [6.45, 7) is -1.11. The smallest absolute Gasteiger partial charge is 0.349 e. The number of allylic oxidation sites excluding steroid dienone is 10. The molecule has 9 nitrogen and oxygen atoms in total. The topological polar surface area (TPSA) is 125 Å². The van der Waals surface area contributed by atoms with Crippen LogP contribution in [0.25, 0.3) is 12.2 Å². The first-order chi connectivity index (χ1) is 21.3. The minimum Gasteiger partial charge on any atom is -0.496 e. The van der Waals surface area contributed by atoms with E-state index in [1.807, 2.05) is 48.6 Å². The molecule has 0 bridgehead atoms. The van der Waals surface area contributed by atoms with Crippen LogP contribution in [-0.2, 0) is 33.4 Å². The van der Waals surface area contributed by atoms with Crippen LogP contribution in [0.5, 0.6) is 5.75 Å². The maximum atomic E-state index is 12.5. The average molecular weight is 593 g/mol. The number of carboxylic acid groups (broad SMARTS) is 1. The van der Waals surface area contributed by atoms with Gasteiger partial charge in [0.25, 0.3) is 0 Å². The second kappa shape index (κ2) is 15.3. The fraction of sp³-hybridized carbons (Fsp3) is 0.0857. The molecule has 0 spiro atoms. The number of hydrogen-bond donors (Lipinski definition) is 1. The maximum Gasteiger partial charge on any atom is 0.349 e. The normalized spacial score (nSPS) is 16.6. The Morgan fingerprint density at radius 1 is 0.750 bits per heavy atom. The molecule has 222 valence electrons. The zero-order chi connectivity index (χ0) is 31.3. The molecule has 0 heterocycles. The molecule has 2 aromatic carbocycles. The van der Waals surface area contributed by atoms with Gasteiger partial charge in [0.15, 0.2) is 24.7 Å². The van der Waals surface area contributed by atoms with E-state index in [9.17, 15) is 19.2 Å². The molecule has 0 radical (unpaired) electrons. The van der Waals surface area contributed by atoms with Gasteiger partial charge >= 0.3 is 11.9 Å². The predicted molar refractivity (Wildman–Crippen MR) is 163 cm³/mol. The van der Waals surface area contributed by atoms with Gasteiger partial charge in [0.2, 0.25) is 11.6 Å². The molecule has 44 heavy (non-hydrogen) atoms. The first kappa shape index (κ1) is 31.0. The van der Waals surface area contributed by atoms with Crippen molar-refractivity contribution >= 4 is 35.7 Å². The highest BCUT2D eigenvalue weighted by atomic mass is 16.6. The SMILES string of the molecule is COC1=CC(=O)C(OCC(=O)O)=C/C1=C/C=C/c1cccc(OC(=O)COC2=C/C(=C/C=C/c3ccccc3)C=CC2=O)c1. The Morgan fingerprint density at radius 2 is 1.45 bits per heavy atom. The summed E-state index contributed by atoms with van der Waals surface area (Å²) < 4.78 is 21.2. The summed E-state index contributed by atoms with van der Waals surface area (Å²) in [4.78, 5) is 47.6. The van der Waals surface area contributed by atoms with E-state index in [0.717, 1.165) is 11.1 Å². The molecular weight excluding hydrogens is 564 g/mol. The van der Waals surface area contributed by atoms with E-state index in [2.05, 4.69) is 0 Å². The summed E-state index contributed by atoms with van der Waals surface area (Å²) in [6, 6.07) is 16.5. The molecule has 2 aromatic rings. The average Bonchev–Trinajstić information content (AvgIpc) is 3.01. The number of ether oxygens (including phenoxy) is 4. The van der Waals surface area contributed by atoms with E-state index in [0.29, 0.717) is 16.9 Å². The minimum absolute atomic E-state index is 0.0352. The van der Waals surface area contributed by atoms with Crippen molar-refractivity contribution in [1.29, 1.82) is 0 Å². The summed E-state index contributed by atoms with van der Waals surface area (Å²) in [5.41, 5.74) is 2.97. The van der Waals surface area contributed by atoms with Crippen LogP contribution in [0, 0.1) is 0 Å². The van der Waals surface area contributed by atoms with E-state index in [1.165, 1.54) is 25.3 Å². The van der Waals surface area contributed by atoms with Crippen LogP contribution in [-0.4, -0.2) is 48.9 Å². The Kier molecular flexibility index (Phi) is 10.8. The molecule has 0 unspecified atom stereocenters. The number of ketones is 2. The fourth-order valence-electron chi connectivity index (χ4n) is 3.93. The number of benzene rings is 2. The summed E-state index contributed by atoms with van der Waals surface area (Å²) in [6.07, 6.45) is 17.9. The van der Waals surface area contributed by atoms with Crippen molar-refractivity contribution in [2.24, 2.45) is 0 Å². The number of carbonyl (C=O) groups is 4. The monoisotopic (exact) mass is 592 g/mol. The molecule has 2 aliphatic rings. The third-order valence-electron chi connectivity index (χ3n) is 5.99. The predicted octanol–water partition coefficient (Wildman–Crippen LogP) is 5.31. The van der Waals surface area contributed by atoms with Gasteiger partial charge in [0.1, 0.15) is 11.5 Å². The van der Waals surface area contributed by atoms with Gasteiger partial charge in [-0.05, 0) is 47.1 Å². The number of methoxy groups -OCH3 is 1. The Hall–Kier alpha value is -5.96. The standard InChI is InChI=1S/C35H28O9/c1-41-31-21-30(37)33(42-22-34(38)39)20-27(31)14-6-12-25-13-7-15-28(18-25)44-35(40)23-43-32-19-26(16-17-29(32)36)11-5-10-24-8-3-2-4-9-24/h2-21H,22-23H2,1H3,(H,38,39)/b10-5+,12-6+,26-11+,27-14-. The van der Waals surface area contributed by atoms with Gasteiger partial charge in [0.05, 0.1) is 7.11 Å². The second-order valence-electron chi connectivity index (χ2n) is 9.23. The number of esters is 1. The summed E-state index contributed by atoms with van der Waals surface area (Å²) in [5.74, 6) is -2.27. The highest BCUT2D eigenvalue weighted by molar-refractivity contribution is 6.05. The summed E-state index contributed by atoms with van der Waals surface area (Å²) >= 11 is 0. The van der Waals surface area contributed by atoms with Crippen molar-refractivity contribution in [3.05, 3.63) is 149 Å². The molecule has 0 saturated heterocycles. The summed E-state index contributed by atoms with van der Waals surface area (Å²) in [7, 11) is 1.41. The lowest BCUT2D eigenvalue weighted by atomic mass is 10.0. The molecule has 2 aliphatic carbocycles. The van der Waals surface area contributed by atoms with E-state index in [1.54, 1.807) is 54.6 Å². The molecule has 0 fully saturated rings. The lowest BCUT2D eigenvalue weighted by Gasteiger charge is -2.14. The van der Waals surface area contributed by atoms with Gasteiger partial charge < -0.3 is 24.1 Å². The molecule has 0 aromatic heterocycles. The minimum atomic E-state index is -1.20. The highest BCUT2D eigenvalue weighted by Gasteiger charge is 2.20. The molecule has 0 amide bonds. The van der Waals surface area contributed by atoms with Crippen molar-refractivity contribution in [3.8, 4) is 5.75 Å². The van der Waals surface area contributed by atoms with Crippen molar-refractivity contribution in [1.82, 2.24) is 0 Å². The van der Waals surface area contributed by atoms with E-state index in [4.69, 9.17) is 24.1 Å². The zero-order valence-electron chi connectivity index (χ0n) is 23.7. The van der Waals surface area contributed by atoms with Crippen molar-refractivity contribution < 1.29 is 43.2 Å². The van der Waals surface area contributed by atoms with Crippen LogP contribution < -0.4 is 4.74 Å². The number of aliphatic carboxylic acids is 1. The van der Waals surface area contributed by atoms with Crippen molar-refractivity contribution in [3.63, 3.8) is 0 Å². The van der Waals surface area contributed by atoms with Crippen LogP contribution >= 0.6 is 0 Å². The maximum absolute atomic E-state index is 12.5. The number of carbonyl (C=O) groups excluding carboxylic acids is 3. The van der Waals surface area contributed by atoms with Gasteiger partial charge in [-0.25, -0.2) is 9.59 Å². The first-order valence-corrected chi connectivity index (χ1v) is 13.4. The van der Waals surface area contributed by atoms with Gasteiger partial charge in [0, 0.05) is 11.6 Å². The van der Waals surface area contributed by atoms with Crippen LogP contribution in [0.2, 0.25) is 0 Å². The quantitative estimate of drug-likeness (QED) is 0.258. The van der Waals surface area contributed by atoms with Crippen LogP contribution in [0.15, 0.2) is 138 Å². The largest absolute Gasteiger partial charge is 0.496 e. The van der Waals surface area contributed by atoms with Gasteiger partial charge in [-0.3, -0.25) is 9.59 Å². The third-order valence-corrected chi connectivity index (χ3v) is 5.99. The Bertz CT molecular complexity index is 1680. The second-order valence-corrected chi connectivity index (χ2v) is 9.23. The molecule has 0 atom stereocenters. The lowest BCUT2D eigenvalue weighted by Crippen LogP contribution is -2.18. The zero-order valence-corrected chi connectivity index (χ0v) is 23.7. The first-order valence-electron chi connectivity index (χ1n) is 13.4.